The molecule has 0 spiro atoms. The summed E-state index contributed by atoms with van der Waals surface area (Å²) < 4.78 is 68.1. The Balaban J connectivity index is 1.53. The average Bonchev–Trinajstić information content (AvgIpc) is 3.65. The van der Waals surface area contributed by atoms with Crippen LogP contribution in [-0.4, -0.2) is 30.1 Å². The van der Waals surface area contributed by atoms with Crippen molar-refractivity contribution in [2.24, 2.45) is 7.05 Å². The van der Waals surface area contributed by atoms with Gasteiger partial charge in [0.25, 0.3) is 5.91 Å². The molecule has 2 N–H and O–H groups in total. The number of rotatable bonds is 6. The third-order valence-electron chi connectivity index (χ3n) is 6.89. The first-order valence-electron chi connectivity index (χ1n) is 13.7. The van der Waals surface area contributed by atoms with E-state index in [9.17, 15) is 18.0 Å². The highest BCUT2D eigenvalue weighted by Crippen LogP contribution is 2.45. The molecule has 0 aliphatic heterocycles. The smallest absolute Gasteiger partial charge is 0.419 e. The number of carbonyl (C=O) groups excluding carboxylic acids is 1. The van der Waals surface area contributed by atoms with Gasteiger partial charge in [0.15, 0.2) is 11.5 Å². The second kappa shape index (κ2) is 12.1. The number of imidazole rings is 1. The molecule has 4 heterocycles. The number of alkyl halides is 3. The van der Waals surface area contributed by atoms with Crippen molar-refractivity contribution in [2.75, 3.05) is 10.6 Å². The maximum Gasteiger partial charge on any atom is 0.419 e. The quantitative estimate of drug-likeness (QED) is 0.151. The fourth-order valence-electron chi connectivity index (χ4n) is 4.78. The number of anilines is 3. The number of benzene rings is 2. The van der Waals surface area contributed by atoms with Crippen LogP contribution in [0.15, 0.2) is 91.8 Å². The topological polar surface area (TPSA) is 98.4 Å². The molecule has 0 atom stereocenters. The molecular weight excluding hydrogens is 602 g/mol. The molecule has 0 aliphatic rings. The summed E-state index contributed by atoms with van der Waals surface area (Å²) in [6, 6.07) is 14.1. The Labute approximate surface area is 259 Å². The van der Waals surface area contributed by atoms with Gasteiger partial charge in [-0.25, -0.2) is 9.37 Å². The van der Waals surface area contributed by atoms with Crippen LogP contribution < -0.4 is 15.4 Å². The van der Waals surface area contributed by atoms with E-state index in [1.54, 1.807) is 65.1 Å². The Kier molecular flexibility index (Phi) is 7.85. The molecule has 0 fully saturated rings. The predicted octanol–water partition coefficient (Wildman–Crippen LogP) is 7.12. The first-order valence-corrected chi connectivity index (χ1v) is 13.7. The lowest BCUT2D eigenvalue weighted by atomic mass is 9.99. The number of aryl methyl sites for hydroxylation is 1. The van der Waals surface area contributed by atoms with Crippen LogP contribution in [0.4, 0.5) is 34.6 Å². The fraction of sp³-hybridized carbons (Fsp3) is 0.0909. The van der Waals surface area contributed by atoms with Gasteiger partial charge >= 0.3 is 6.18 Å². The van der Waals surface area contributed by atoms with Crippen molar-refractivity contribution < 1.29 is 27.1 Å². The molecule has 2 aromatic carbocycles. The van der Waals surface area contributed by atoms with Crippen LogP contribution >= 0.6 is 0 Å². The minimum absolute atomic E-state index is 0.0991. The number of carbonyl (C=O) groups is 1. The first kappa shape index (κ1) is 29.9. The van der Waals surface area contributed by atoms with E-state index >= 15 is 4.39 Å². The molecule has 6 rings (SSSR count). The zero-order chi connectivity index (χ0) is 32.4. The van der Waals surface area contributed by atoms with Gasteiger partial charge in [0.2, 0.25) is 0 Å². The number of fused-ring (bicyclic) bond motifs is 1. The van der Waals surface area contributed by atoms with E-state index in [2.05, 4.69) is 37.5 Å². The Morgan fingerprint density at radius 2 is 1.76 bits per heavy atom. The second-order valence-electron chi connectivity index (χ2n) is 10.0. The van der Waals surface area contributed by atoms with Crippen LogP contribution in [0.3, 0.4) is 0 Å². The molecule has 46 heavy (non-hydrogen) atoms. The number of pyridine rings is 2. The predicted molar refractivity (Wildman–Crippen MR) is 163 cm³/mol. The number of nitrogens with zero attached hydrogens (tertiary/aromatic N) is 5. The first-order chi connectivity index (χ1) is 22.1. The summed E-state index contributed by atoms with van der Waals surface area (Å²) in [6.45, 7) is 1.08. The number of hydrogen-bond donors (Lipinski definition) is 2. The van der Waals surface area contributed by atoms with E-state index in [1.807, 2.05) is 0 Å². The number of hydrogen-bond acceptors (Lipinski definition) is 6. The van der Waals surface area contributed by atoms with Crippen molar-refractivity contribution in [3.05, 3.63) is 126 Å². The van der Waals surface area contributed by atoms with Gasteiger partial charge in [-0.05, 0) is 49.2 Å². The Bertz CT molecular complexity index is 2130. The molecule has 0 bridgehead atoms. The molecule has 13 heteroatoms. The van der Waals surface area contributed by atoms with E-state index < -0.39 is 34.7 Å². The zero-order valence-corrected chi connectivity index (χ0v) is 24.2. The molecule has 0 aliphatic carbocycles. The van der Waals surface area contributed by atoms with Gasteiger partial charge in [0.1, 0.15) is 22.8 Å². The van der Waals surface area contributed by atoms with Crippen LogP contribution in [0.2, 0.25) is 0 Å². The number of aromatic nitrogens is 5. The van der Waals surface area contributed by atoms with Crippen molar-refractivity contribution in [1.29, 1.82) is 0 Å². The highest BCUT2D eigenvalue weighted by Gasteiger charge is 2.40. The Morgan fingerprint density at radius 1 is 1.00 bits per heavy atom. The zero-order valence-electron chi connectivity index (χ0n) is 24.2. The number of halogens is 4. The summed E-state index contributed by atoms with van der Waals surface area (Å²) in [4.78, 5) is 21.5. The molecule has 9 nitrogen and oxygen atoms in total. The van der Waals surface area contributed by atoms with Crippen LogP contribution in [0.1, 0.15) is 32.7 Å². The van der Waals surface area contributed by atoms with Gasteiger partial charge in [-0.15, -0.1) is 0 Å². The molecule has 6 aromatic rings. The number of nitrogens with one attached hydrogen (secondary N) is 2. The minimum atomic E-state index is -5.12. The molecular formula is C33H23F4N7O2. The summed E-state index contributed by atoms with van der Waals surface area (Å²) >= 11 is 0. The van der Waals surface area contributed by atoms with Crippen molar-refractivity contribution >= 4 is 28.6 Å². The lowest BCUT2D eigenvalue weighted by molar-refractivity contribution is -0.140. The van der Waals surface area contributed by atoms with E-state index in [1.165, 1.54) is 42.9 Å². The lowest BCUT2D eigenvalue weighted by Crippen LogP contribution is -2.19. The van der Waals surface area contributed by atoms with Crippen LogP contribution in [0.5, 0.6) is 11.5 Å². The molecule has 0 saturated heterocycles. The van der Waals surface area contributed by atoms with Crippen molar-refractivity contribution in [1.82, 2.24) is 24.1 Å². The van der Waals surface area contributed by atoms with E-state index in [0.717, 1.165) is 12.6 Å². The normalized spacial score (nSPS) is 11.2. The van der Waals surface area contributed by atoms with Gasteiger partial charge < -0.3 is 15.4 Å². The summed E-state index contributed by atoms with van der Waals surface area (Å²) in [5.41, 5.74) is -0.941. The van der Waals surface area contributed by atoms with Gasteiger partial charge in [-0.2, -0.15) is 18.3 Å². The molecule has 4 aromatic heterocycles. The number of ether oxygens (including phenoxy) is 1. The van der Waals surface area contributed by atoms with Gasteiger partial charge in [-0.3, -0.25) is 18.9 Å². The highest BCUT2D eigenvalue weighted by molar-refractivity contribution is 6.05. The summed E-state index contributed by atoms with van der Waals surface area (Å²) in [6.07, 6.45) is 4.24. The summed E-state index contributed by atoms with van der Waals surface area (Å²) in [7, 11) is 1.78. The van der Waals surface area contributed by atoms with Crippen LogP contribution in [0.25, 0.3) is 5.65 Å². The highest BCUT2D eigenvalue weighted by atomic mass is 19.4. The van der Waals surface area contributed by atoms with Crippen molar-refractivity contribution in [2.45, 2.75) is 13.1 Å². The van der Waals surface area contributed by atoms with Crippen molar-refractivity contribution in [3.8, 4) is 23.3 Å². The Hall–Kier alpha value is -6.16. The van der Waals surface area contributed by atoms with Crippen molar-refractivity contribution in [3.63, 3.8) is 0 Å². The second-order valence-corrected chi connectivity index (χ2v) is 10.0. The van der Waals surface area contributed by atoms with Gasteiger partial charge in [0.05, 0.1) is 35.0 Å². The molecule has 0 radical (unpaired) electrons. The van der Waals surface area contributed by atoms with Crippen LogP contribution in [0, 0.1) is 24.6 Å². The minimum Gasteiger partial charge on any atom is -0.456 e. The summed E-state index contributed by atoms with van der Waals surface area (Å²) in [5.74, 6) is 2.88. The summed E-state index contributed by atoms with van der Waals surface area (Å²) in [5, 5.41) is 9.69. The number of amides is 1. The maximum atomic E-state index is 16.0. The van der Waals surface area contributed by atoms with Gasteiger partial charge in [-0.1, -0.05) is 24.1 Å². The monoisotopic (exact) mass is 625 g/mol. The molecule has 1 amide bonds. The molecule has 230 valence electrons. The van der Waals surface area contributed by atoms with Gasteiger partial charge in [0, 0.05) is 43.0 Å². The third-order valence-corrected chi connectivity index (χ3v) is 6.89. The van der Waals surface area contributed by atoms with E-state index in [4.69, 9.17) is 4.74 Å². The maximum absolute atomic E-state index is 16.0. The molecule has 0 unspecified atom stereocenters. The van der Waals surface area contributed by atoms with E-state index in [0.29, 0.717) is 17.0 Å². The Morgan fingerprint density at radius 3 is 2.46 bits per heavy atom. The molecule has 0 saturated carbocycles. The SMILES string of the molecule is Cc1c(Oc2ccncc2)c(C#Cc2cnc3c(Nc4cnn(C)c4)cccn23)c(NC(=O)c2ccccc2)c(F)c1C(F)(F)F. The van der Waals surface area contributed by atoms with E-state index in [-0.39, 0.29) is 22.6 Å². The average molecular weight is 626 g/mol. The third kappa shape index (κ3) is 5.96. The standard InChI is InChI=1S/C33H23F4N7O2/c1-20-27(33(35,36)37)28(34)29(42-32(45)21-7-4-3-5-8-21)25(30(20)46-24-12-14-38-15-13-24)11-10-23-18-39-31-26(9-6-16-44(23)31)41-22-17-40-43(2)19-22/h3-9,12-19,41H,1-2H3,(H,42,45). The fourth-order valence-corrected chi connectivity index (χ4v) is 4.78. The lowest BCUT2D eigenvalue weighted by Gasteiger charge is -2.21. The largest absolute Gasteiger partial charge is 0.456 e. The van der Waals surface area contributed by atoms with Crippen LogP contribution in [-0.2, 0) is 13.2 Å².